The van der Waals surface area contributed by atoms with E-state index in [1.807, 2.05) is 7.05 Å². The van der Waals surface area contributed by atoms with E-state index in [9.17, 15) is 0 Å². The monoisotopic (exact) mass is 215 g/mol. The molecule has 0 aliphatic heterocycles. The summed E-state index contributed by atoms with van der Waals surface area (Å²) < 4.78 is 11.0. The molecule has 90 valence electrons. The number of hydrogen-bond acceptors (Lipinski definition) is 3. The minimum absolute atomic E-state index is 0.332. The Morgan fingerprint density at radius 3 is 2.33 bits per heavy atom. The first-order valence-electron chi connectivity index (χ1n) is 6.14. The highest BCUT2D eigenvalue weighted by molar-refractivity contribution is 4.67. The fourth-order valence-electron chi connectivity index (χ4n) is 2.08. The van der Waals surface area contributed by atoms with Gasteiger partial charge in [-0.3, -0.25) is 0 Å². The van der Waals surface area contributed by atoms with Gasteiger partial charge in [-0.05, 0) is 19.9 Å². The zero-order chi connectivity index (χ0) is 10.9. The summed E-state index contributed by atoms with van der Waals surface area (Å²) in [5, 5.41) is 3.21. The Hall–Kier alpha value is -0.120. The number of ether oxygens (including phenoxy) is 2. The summed E-state index contributed by atoms with van der Waals surface area (Å²) in [6.45, 7) is 1.50. The van der Waals surface area contributed by atoms with Crippen molar-refractivity contribution in [3.05, 3.63) is 0 Å². The van der Waals surface area contributed by atoms with Crippen LogP contribution in [-0.4, -0.2) is 39.5 Å². The Kier molecular flexibility index (Phi) is 6.98. The molecule has 0 spiro atoms. The first-order chi connectivity index (χ1) is 7.36. The smallest absolute Gasteiger partial charge is 0.0645 e. The standard InChI is InChI=1S/C12H25NO2/c1-13-11(9-14-2)10-15-12-7-5-3-4-6-8-12/h11-13H,3-10H2,1-2H3. The normalized spacial score (nSPS) is 21.2. The third kappa shape index (κ3) is 5.50. The fraction of sp³-hybridized carbons (Fsp3) is 1.00. The van der Waals surface area contributed by atoms with Crippen LogP contribution >= 0.6 is 0 Å². The average Bonchev–Trinajstić information content (AvgIpc) is 2.52. The van der Waals surface area contributed by atoms with E-state index >= 15 is 0 Å². The average molecular weight is 215 g/mol. The molecule has 0 amide bonds. The molecular formula is C12H25NO2. The van der Waals surface area contributed by atoms with Crippen LogP contribution in [0.3, 0.4) is 0 Å². The van der Waals surface area contributed by atoms with Crippen molar-refractivity contribution in [3.63, 3.8) is 0 Å². The summed E-state index contributed by atoms with van der Waals surface area (Å²) >= 11 is 0. The molecule has 3 heteroatoms. The van der Waals surface area contributed by atoms with Gasteiger partial charge in [-0.2, -0.15) is 0 Å². The molecule has 3 nitrogen and oxygen atoms in total. The van der Waals surface area contributed by atoms with Gasteiger partial charge in [-0.1, -0.05) is 25.7 Å². The van der Waals surface area contributed by atoms with Gasteiger partial charge < -0.3 is 14.8 Å². The van der Waals surface area contributed by atoms with Gasteiger partial charge in [0.2, 0.25) is 0 Å². The molecule has 0 radical (unpaired) electrons. The highest BCUT2D eigenvalue weighted by atomic mass is 16.5. The summed E-state index contributed by atoms with van der Waals surface area (Å²) in [7, 11) is 3.69. The molecule has 0 saturated heterocycles. The molecule has 1 N–H and O–H groups in total. The zero-order valence-electron chi connectivity index (χ0n) is 10.1. The molecule has 0 aromatic rings. The van der Waals surface area contributed by atoms with Crippen LogP contribution in [0.2, 0.25) is 0 Å². The van der Waals surface area contributed by atoms with Crippen LogP contribution < -0.4 is 5.32 Å². The molecule has 0 heterocycles. The number of nitrogens with one attached hydrogen (secondary N) is 1. The molecule has 0 bridgehead atoms. The third-order valence-electron chi connectivity index (χ3n) is 3.11. The molecule has 1 aliphatic carbocycles. The second-order valence-corrected chi connectivity index (χ2v) is 4.39. The van der Waals surface area contributed by atoms with Crippen LogP contribution in [0.15, 0.2) is 0 Å². The summed E-state index contributed by atoms with van der Waals surface area (Å²) in [6.07, 6.45) is 8.39. The Labute approximate surface area is 93.5 Å². The molecule has 0 aromatic heterocycles. The second-order valence-electron chi connectivity index (χ2n) is 4.39. The number of hydrogen-bond donors (Lipinski definition) is 1. The van der Waals surface area contributed by atoms with Gasteiger partial charge in [0.1, 0.15) is 0 Å². The minimum atomic E-state index is 0.332. The van der Waals surface area contributed by atoms with E-state index < -0.39 is 0 Å². The molecule has 1 unspecified atom stereocenters. The van der Waals surface area contributed by atoms with E-state index in [-0.39, 0.29) is 0 Å². The topological polar surface area (TPSA) is 30.5 Å². The van der Waals surface area contributed by atoms with E-state index in [4.69, 9.17) is 9.47 Å². The number of rotatable bonds is 6. The summed E-state index contributed by atoms with van der Waals surface area (Å²) in [4.78, 5) is 0. The predicted octanol–water partition coefficient (Wildman–Crippen LogP) is 1.96. The van der Waals surface area contributed by atoms with Crippen LogP contribution in [0.1, 0.15) is 38.5 Å². The largest absolute Gasteiger partial charge is 0.383 e. The summed E-state index contributed by atoms with van der Waals surface area (Å²) in [5.74, 6) is 0. The highest BCUT2D eigenvalue weighted by Gasteiger charge is 2.14. The maximum Gasteiger partial charge on any atom is 0.0645 e. The first-order valence-corrected chi connectivity index (χ1v) is 6.14. The van der Waals surface area contributed by atoms with Crippen molar-refractivity contribution in [2.45, 2.75) is 50.7 Å². The lowest BCUT2D eigenvalue weighted by Gasteiger charge is -2.20. The van der Waals surface area contributed by atoms with Crippen molar-refractivity contribution < 1.29 is 9.47 Å². The van der Waals surface area contributed by atoms with Crippen molar-refractivity contribution in [3.8, 4) is 0 Å². The van der Waals surface area contributed by atoms with E-state index in [1.54, 1.807) is 7.11 Å². The van der Waals surface area contributed by atoms with Crippen LogP contribution in [-0.2, 0) is 9.47 Å². The Morgan fingerprint density at radius 1 is 1.13 bits per heavy atom. The molecule has 1 fully saturated rings. The van der Waals surface area contributed by atoms with Gasteiger partial charge in [0.05, 0.1) is 25.4 Å². The van der Waals surface area contributed by atoms with Crippen LogP contribution in [0.4, 0.5) is 0 Å². The maximum atomic E-state index is 5.93. The molecule has 1 rings (SSSR count). The van der Waals surface area contributed by atoms with Crippen LogP contribution in [0.5, 0.6) is 0 Å². The van der Waals surface area contributed by atoms with E-state index in [0.29, 0.717) is 12.1 Å². The predicted molar refractivity (Wildman–Crippen MR) is 62.2 cm³/mol. The molecule has 1 saturated carbocycles. The highest BCUT2D eigenvalue weighted by Crippen LogP contribution is 2.19. The van der Waals surface area contributed by atoms with Gasteiger partial charge in [0.25, 0.3) is 0 Å². The zero-order valence-corrected chi connectivity index (χ0v) is 10.1. The van der Waals surface area contributed by atoms with Gasteiger partial charge in [0.15, 0.2) is 0 Å². The molecule has 15 heavy (non-hydrogen) atoms. The van der Waals surface area contributed by atoms with Gasteiger partial charge in [-0.15, -0.1) is 0 Å². The lowest BCUT2D eigenvalue weighted by Crippen LogP contribution is -2.36. The lowest BCUT2D eigenvalue weighted by atomic mass is 10.1. The Bertz CT molecular complexity index is 145. The summed E-state index contributed by atoms with van der Waals surface area (Å²) in [6, 6.07) is 0.332. The first kappa shape index (κ1) is 12.9. The SMILES string of the molecule is CNC(COC)COC1CCCCCC1. The third-order valence-corrected chi connectivity index (χ3v) is 3.11. The van der Waals surface area contributed by atoms with Crippen molar-refractivity contribution in [1.29, 1.82) is 0 Å². The minimum Gasteiger partial charge on any atom is -0.383 e. The quantitative estimate of drug-likeness (QED) is 0.687. The van der Waals surface area contributed by atoms with Crippen molar-refractivity contribution in [2.75, 3.05) is 27.4 Å². The molecule has 1 atom stereocenters. The van der Waals surface area contributed by atoms with E-state index in [1.165, 1.54) is 38.5 Å². The molecular weight excluding hydrogens is 190 g/mol. The van der Waals surface area contributed by atoms with Crippen LogP contribution in [0, 0.1) is 0 Å². The molecule has 1 aliphatic rings. The van der Waals surface area contributed by atoms with E-state index in [2.05, 4.69) is 5.32 Å². The van der Waals surface area contributed by atoms with Crippen molar-refractivity contribution in [1.82, 2.24) is 5.32 Å². The summed E-state index contributed by atoms with van der Waals surface area (Å²) in [5.41, 5.74) is 0. The number of likely N-dealkylation sites (N-methyl/N-ethyl adjacent to an activating group) is 1. The Balaban J connectivity index is 2.15. The van der Waals surface area contributed by atoms with Gasteiger partial charge in [0, 0.05) is 7.11 Å². The Morgan fingerprint density at radius 2 is 1.80 bits per heavy atom. The second kappa shape index (κ2) is 8.08. The van der Waals surface area contributed by atoms with Crippen molar-refractivity contribution >= 4 is 0 Å². The van der Waals surface area contributed by atoms with Crippen molar-refractivity contribution in [2.24, 2.45) is 0 Å². The maximum absolute atomic E-state index is 5.93. The fourth-order valence-corrected chi connectivity index (χ4v) is 2.08. The van der Waals surface area contributed by atoms with Gasteiger partial charge in [-0.25, -0.2) is 0 Å². The molecule has 0 aromatic carbocycles. The van der Waals surface area contributed by atoms with Crippen LogP contribution in [0.25, 0.3) is 0 Å². The number of methoxy groups -OCH3 is 1. The van der Waals surface area contributed by atoms with Gasteiger partial charge >= 0.3 is 0 Å². The lowest BCUT2D eigenvalue weighted by molar-refractivity contribution is 0.0153. The van der Waals surface area contributed by atoms with E-state index in [0.717, 1.165) is 13.2 Å².